The number of hydrogen-bond donors (Lipinski definition) is 2. The fourth-order valence-corrected chi connectivity index (χ4v) is 1.43. The van der Waals surface area contributed by atoms with Crippen molar-refractivity contribution < 1.29 is 4.79 Å². The minimum absolute atomic E-state index is 0.438. The fourth-order valence-electron chi connectivity index (χ4n) is 1.43. The van der Waals surface area contributed by atoms with Crippen LogP contribution in [0.15, 0.2) is 30.3 Å². The number of nitrogens with two attached hydrogens (primary N) is 2. The summed E-state index contributed by atoms with van der Waals surface area (Å²) in [5.41, 5.74) is 13.0. The zero-order valence-electron chi connectivity index (χ0n) is 8.84. The number of aromatic nitrogens is 2. The molecule has 82 valence electrons. The van der Waals surface area contributed by atoms with Crippen LogP contribution in [0.2, 0.25) is 0 Å². The Balaban J connectivity index is 2.38. The van der Waals surface area contributed by atoms with E-state index in [0.29, 0.717) is 11.4 Å². The standard InChI is InChI=1S/C11H12N4O/c1-15-10(12)6-9(14-15)7-2-4-8(5-3-7)11(13)16/h2-6H,12H2,1H3,(H2,13,16). The average Bonchev–Trinajstić information content (AvgIpc) is 2.59. The van der Waals surface area contributed by atoms with Gasteiger partial charge in [0, 0.05) is 24.2 Å². The van der Waals surface area contributed by atoms with Gasteiger partial charge in [-0.1, -0.05) is 12.1 Å². The molecule has 1 amide bonds. The summed E-state index contributed by atoms with van der Waals surface area (Å²) in [6, 6.07) is 8.70. The molecule has 0 aliphatic rings. The Hall–Kier alpha value is -2.30. The van der Waals surface area contributed by atoms with Gasteiger partial charge in [0.05, 0.1) is 5.69 Å². The molecule has 0 spiro atoms. The molecule has 0 fully saturated rings. The van der Waals surface area contributed by atoms with Crippen LogP contribution in [0.5, 0.6) is 0 Å². The number of amides is 1. The molecule has 5 nitrogen and oxygen atoms in total. The Morgan fingerprint density at radius 1 is 1.31 bits per heavy atom. The summed E-state index contributed by atoms with van der Waals surface area (Å²) >= 11 is 0. The van der Waals surface area contributed by atoms with Crippen LogP contribution in [0.4, 0.5) is 5.82 Å². The molecule has 2 aromatic rings. The fraction of sp³-hybridized carbons (Fsp3) is 0.0909. The van der Waals surface area contributed by atoms with Crippen LogP contribution in [0, 0.1) is 0 Å². The molecule has 5 heteroatoms. The van der Waals surface area contributed by atoms with Gasteiger partial charge in [0.2, 0.25) is 5.91 Å². The highest BCUT2D eigenvalue weighted by atomic mass is 16.1. The van der Waals surface area contributed by atoms with Gasteiger partial charge < -0.3 is 11.5 Å². The van der Waals surface area contributed by atoms with Crippen LogP contribution in [0.1, 0.15) is 10.4 Å². The summed E-state index contributed by atoms with van der Waals surface area (Å²) in [7, 11) is 1.77. The highest BCUT2D eigenvalue weighted by Crippen LogP contribution is 2.20. The van der Waals surface area contributed by atoms with Gasteiger partial charge >= 0.3 is 0 Å². The summed E-state index contributed by atoms with van der Waals surface area (Å²) in [4.78, 5) is 10.9. The first-order valence-corrected chi connectivity index (χ1v) is 4.77. The molecule has 1 aromatic heterocycles. The SMILES string of the molecule is Cn1nc(-c2ccc(C(N)=O)cc2)cc1N. The molecule has 0 radical (unpaired) electrons. The van der Waals surface area contributed by atoms with Crippen molar-refractivity contribution in [2.75, 3.05) is 5.73 Å². The number of nitrogens with zero attached hydrogens (tertiary/aromatic N) is 2. The van der Waals surface area contributed by atoms with E-state index in [9.17, 15) is 4.79 Å². The third kappa shape index (κ3) is 1.75. The van der Waals surface area contributed by atoms with E-state index < -0.39 is 5.91 Å². The molecule has 1 aromatic carbocycles. The lowest BCUT2D eigenvalue weighted by molar-refractivity contribution is 0.100. The van der Waals surface area contributed by atoms with Gasteiger partial charge in [0.25, 0.3) is 0 Å². The zero-order valence-corrected chi connectivity index (χ0v) is 8.84. The van der Waals surface area contributed by atoms with Crippen LogP contribution < -0.4 is 11.5 Å². The third-order valence-corrected chi connectivity index (χ3v) is 2.38. The van der Waals surface area contributed by atoms with E-state index in [1.165, 1.54) is 0 Å². The molecule has 2 rings (SSSR count). The van der Waals surface area contributed by atoms with Crippen molar-refractivity contribution >= 4 is 11.7 Å². The minimum Gasteiger partial charge on any atom is -0.384 e. The Kier molecular flexibility index (Phi) is 2.36. The number of primary amides is 1. The van der Waals surface area contributed by atoms with Crippen LogP contribution in [-0.2, 0) is 7.05 Å². The van der Waals surface area contributed by atoms with Crippen LogP contribution in [0.25, 0.3) is 11.3 Å². The first-order chi connectivity index (χ1) is 7.58. The minimum atomic E-state index is -0.438. The lowest BCUT2D eigenvalue weighted by Crippen LogP contribution is -2.10. The molecule has 0 saturated carbocycles. The van der Waals surface area contributed by atoms with Crippen LogP contribution >= 0.6 is 0 Å². The lowest BCUT2D eigenvalue weighted by atomic mass is 10.1. The highest BCUT2D eigenvalue weighted by Gasteiger charge is 2.05. The first-order valence-electron chi connectivity index (χ1n) is 4.77. The number of rotatable bonds is 2. The summed E-state index contributed by atoms with van der Waals surface area (Å²) < 4.78 is 1.59. The average molecular weight is 216 g/mol. The summed E-state index contributed by atoms with van der Waals surface area (Å²) in [6.07, 6.45) is 0. The molecule has 0 atom stereocenters. The molecule has 1 heterocycles. The topological polar surface area (TPSA) is 86.9 Å². The van der Waals surface area contributed by atoms with Crippen molar-refractivity contribution in [2.45, 2.75) is 0 Å². The van der Waals surface area contributed by atoms with Crippen LogP contribution in [-0.4, -0.2) is 15.7 Å². The predicted octanol–water partition coefficient (Wildman–Crippen LogP) is 0.768. The van der Waals surface area contributed by atoms with Crippen molar-refractivity contribution in [3.63, 3.8) is 0 Å². The van der Waals surface area contributed by atoms with Crippen molar-refractivity contribution in [1.29, 1.82) is 0 Å². The van der Waals surface area contributed by atoms with E-state index in [1.807, 2.05) is 0 Å². The first kappa shape index (κ1) is 10.2. The number of anilines is 1. The van der Waals surface area contributed by atoms with E-state index in [1.54, 1.807) is 42.1 Å². The van der Waals surface area contributed by atoms with Gasteiger partial charge in [-0.15, -0.1) is 0 Å². The van der Waals surface area contributed by atoms with Gasteiger partial charge in [0.15, 0.2) is 0 Å². The summed E-state index contributed by atoms with van der Waals surface area (Å²) in [5, 5.41) is 4.23. The number of benzene rings is 1. The smallest absolute Gasteiger partial charge is 0.248 e. The second-order valence-electron chi connectivity index (χ2n) is 3.52. The molecule has 16 heavy (non-hydrogen) atoms. The Bertz CT molecular complexity index is 508. The number of aryl methyl sites for hydroxylation is 1. The molecular formula is C11H12N4O. The third-order valence-electron chi connectivity index (χ3n) is 2.38. The second kappa shape index (κ2) is 3.69. The van der Waals surface area contributed by atoms with Gasteiger partial charge in [-0.25, -0.2) is 0 Å². The molecule has 0 aliphatic heterocycles. The Labute approximate surface area is 92.7 Å². The maximum atomic E-state index is 10.9. The highest BCUT2D eigenvalue weighted by molar-refractivity contribution is 5.93. The molecule has 4 N–H and O–H groups in total. The normalized spacial score (nSPS) is 10.3. The summed E-state index contributed by atoms with van der Waals surface area (Å²) in [6.45, 7) is 0. The van der Waals surface area contributed by atoms with Crippen molar-refractivity contribution in [1.82, 2.24) is 9.78 Å². The van der Waals surface area contributed by atoms with Crippen molar-refractivity contribution in [3.05, 3.63) is 35.9 Å². The molecule has 0 bridgehead atoms. The van der Waals surface area contributed by atoms with E-state index in [0.717, 1.165) is 11.3 Å². The predicted molar refractivity (Wildman–Crippen MR) is 61.6 cm³/mol. The van der Waals surface area contributed by atoms with Gasteiger partial charge in [-0.2, -0.15) is 5.10 Å². The van der Waals surface area contributed by atoms with Gasteiger partial charge in [-0.05, 0) is 12.1 Å². The zero-order chi connectivity index (χ0) is 11.7. The maximum Gasteiger partial charge on any atom is 0.248 e. The number of hydrogen-bond acceptors (Lipinski definition) is 3. The second-order valence-corrected chi connectivity index (χ2v) is 3.52. The summed E-state index contributed by atoms with van der Waals surface area (Å²) in [5.74, 6) is 0.154. The Morgan fingerprint density at radius 2 is 1.94 bits per heavy atom. The molecule has 0 unspecified atom stereocenters. The van der Waals surface area contributed by atoms with Crippen molar-refractivity contribution in [3.8, 4) is 11.3 Å². The van der Waals surface area contributed by atoms with E-state index >= 15 is 0 Å². The monoisotopic (exact) mass is 216 g/mol. The largest absolute Gasteiger partial charge is 0.384 e. The Morgan fingerprint density at radius 3 is 2.38 bits per heavy atom. The lowest BCUT2D eigenvalue weighted by Gasteiger charge is -1.98. The number of nitrogen functional groups attached to an aromatic ring is 1. The molecule has 0 saturated heterocycles. The van der Waals surface area contributed by atoms with Crippen molar-refractivity contribution in [2.24, 2.45) is 12.8 Å². The van der Waals surface area contributed by atoms with E-state index in [2.05, 4.69) is 5.10 Å². The van der Waals surface area contributed by atoms with Gasteiger partial charge in [0.1, 0.15) is 5.82 Å². The van der Waals surface area contributed by atoms with Crippen LogP contribution in [0.3, 0.4) is 0 Å². The quantitative estimate of drug-likeness (QED) is 0.777. The maximum absolute atomic E-state index is 10.9. The number of carbonyl (C=O) groups is 1. The number of carbonyl (C=O) groups excluding carboxylic acids is 1. The van der Waals surface area contributed by atoms with E-state index in [4.69, 9.17) is 11.5 Å². The van der Waals surface area contributed by atoms with E-state index in [-0.39, 0.29) is 0 Å². The van der Waals surface area contributed by atoms with Gasteiger partial charge in [-0.3, -0.25) is 9.48 Å². The molecule has 0 aliphatic carbocycles. The molecular weight excluding hydrogens is 204 g/mol.